The monoisotopic (exact) mass is 267 g/mol. The van der Waals surface area contributed by atoms with Crippen LogP contribution in [-0.2, 0) is 16.6 Å². The van der Waals surface area contributed by atoms with Gasteiger partial charge in [-0.15, -0.1) is 0 Å². The van der Waals surface area contributed by atoms with E-state index in [2.05, 4.69) is 4.72 Å². The lowest BCUT2D eigenvalue weighted by Crippen LogP contribution is -2.44. The van der Waals surface area contributed by atoms with E-state index in [0.29, 0.717) is 12.2 Å². The molecule has 1 aromatic carbocycles. The topological polar surface area (TPSA) is 75.4 Å². The maximum absolute atomic E-state index is 12.3. The zero-order chi connectivity index (χ0) is 12.8. The molecule has 3 N–H and O–H groups in total. The molecule has 1 fully saturated rings. The summed E-state index contributed by atoms with van der Waals surface area (Å²) in [6, 6.07) is 5.56. The lowest BCUT2D eigenvalue weighted by Gasteiger charge is -2.30. The molecule has 0 radical (unpaired) electrons. The zero-order valence-electron chi connectivity index (χ0n) is 10.1. The number of anilines is 2. The van der Waals surface area contributed by atoms with Crippen LogP contribution < -0.4 is 14.8 Å². The van der Waals surface area contributed by atoms with Crippen LogP contribution >= 0.6 is 0 Å². The molecule has 0 spiro atoms. The minimum absolute atomic E-state index is 0.133. The van der Waals surface area contributed by atoms with Crippen LogP contribution in [0.4, 0.5) is 11.4 Å². The van der Waals surface area contributed by atoms with Gasteiger partial charge in [-0.1, -0.05) is 0 Å². The van der Waals surface area contributed by atoms with Crippen molar-refractivity contribution in [2.24, 2.45) is 0 Å². The normalized spacial score (nSPS) is 19.7. The molecule has 1 saturated carbocycles. The van der Waals surface area contributed by atoms with E-state index in [1.165, 1.54) is 4.31 Å². The van der Waals surface area contributed by atoms with E-state index in [4.69, 9.17) is 5.73 Å². The average molecular weight is 267 g/mol. The second-order valence-electron chi connectivity index (χ2n) is 4.96. The van der Waals surface area contributed by atoms with Crippen LogP contribution in [0.3, 0.4) is 0 Å². The quantitative estimate of drug-likeness (QED) is 0.803. The third-order valence-electron chi connectivity index (χ3n) is 3.36. The Morgan fingerprint density at radius 1 is 1.33 bits per heavy atom. The molecule has 98 valence electrons. The maximum atomic E-state index is 12.3. The highest BCUT2D eigenvalue weighted by atomic mass is 32.2. The Balaban J connectivity index is 1.95. The van der Waals surface area contributed by atoms with Crippen molar-refractivity contribution in [3.63, 3.8) is 0 Å². The summed E-state index contributed by atoms with van der Waals surface area (Å²) in [6.45, 7) is 0.541. The Morgan fingerprint density at radius 3 is 2.83 bits per heavy atom. The first-order valence-corrected chi connectivity index (χ1v) is 7.69. The molecule has 3 rings (SSSR count). The van der Waals surface area contributed by atoms with Crippen LogP contribution in [0, 0.1) is 0 Å². The molecule has 1 heterocycles. The lowest BCUT2D eigenvalue weighted by atomic mass is 10.0. The van der Waals surface area contributed by atoms with Gasteiger partial charge in [-0.3, -0.25) is 4.31 Å². The van der Waals surface area contributed by atoms with Crippen molar-refractivity contribution in [3.05, 3.63) is 23.8 Å². The molecule has 0 saturated heterocycles. The van der Waals surface area contributed by atoms with Crippen molar-refractivity contribution in [2.75, 3.05) is 16.6 Å². The Kier molecular flexibility index (Phi) is 2.71. The number of hydrogen-bond acceptors (Lipinski definition) is 3. The molecule has 0 aromatic heterocycles. The third kappa shape index (κ3) is 2.18. The molecule has 1 aliphatic carbocycles. The zero-order valence-corrected chi connectivity index (χ0v) is 10.9. The molecule has 6 heteroatoms. The molecule has 0 unspecified atom stereocenters. The Morgan fingerprint density at radius 2 is 2.11 bits per heavy atom. The fourth-order valence-corrected chi connectivity index (χ4v) is 3.90. The van der Waals surface area contributed by atoms with Crippen LogP contribution in [0.25, 0.3) is 0 Å². The standard InChI is InChI=1S/C12H17N3O2S/c13-10-3-6-12-9(8-10)2-1-7-15(12)18(16,17)14-11-4-5-11/h3,6,8,11,14H,1-2,4-5,7,13H2. The Hall–Kier alpha value is -1.27. The van der Waals surface area contributed by atoms with Crippen molar-refractivity contribution in [2.45, 2.75) is 31.7 Å². The van der Waals surface area contributed by atoms with Gasteiger partial charge < -0.3 is 5.73 Å². The summed E-state index contributed by atoms with van der Waals surface area (Å²) >= 11 is 0. The molecular formula is C12H17N3O2S. The van der Waals surface area contributed by atoms with Crippen molar-refractivity contribution >= 4 is 21.6 Å². The molecule has 0 bridgehead atoms. The predicted molar refractivity (Wildman–Crippen MR) is 71.6 cm³/mol. The third-order valence-corrected chi connectivity index (χ3v) is 4.95. The lowest BCUT2D eigenvalue weighted by molar-refractivity contribution is 0.571. The first kappa shape index (κ1) is 11.8. The highest BCUT2D eigenvalue weighted by Gasteiger charge is 2.33. The number of nitrogens with two attached hydrogens (primary N) is 1. The summed E-state index contributed by atoms with van der Waals surface area (Å²) in [5, 5.41) is 0. The molecule has 5 nitrogen and oxygen atoms in total. The molecule has 1 aromatic rings. The van der Waals surface area contributed by atoms with E-state index in [9.17, 15) is 8.42 Å². The number of hydrogen-bond donors (Lipinski definition) is 2. The number of nitrogens with zero attached hydrogens (tertiary/aromatic N) is 1. The van der Waals surface area contributed by atoms with Crippen molar-refractivity contribution in [1.82, 2.24) is 4.72 Å². The van der Waals surface area contributed by atoms with Gasteiger partial charge >= 0.3 is 10.2 Å². The molecule has 2 aliphatic rings. The molecule has 0 atom stereocenters. The fourth-order valence-electron chi connectivity index (χ4n) is 2.31. The van der Waals surface area contributed by atoms with Gasteiger partial charge in [0.2, 0.25) is 0 Å². The number of rotatable bonds is 3. The van der Waals surface area contributed by atoms with Gasteiger partial charge in [0.1, 0.15) is 0 Å². The summed E-state index contributed by atoms with van der Waals surface area (Å²) in [7, 11) is -3.40. The fraction of sp³-hybridized carbons (Fsp3) is 0.500. The second kappa shape index (κ2) is 4.13. The van der Waals surface area contributed by atoms with E-state index >= 15 is 0 Å². The maximum Gasteiger partial charge on any atom is 0.301 e. The molecule has 0 amide bonds. The van der Waals surface area contributed by atoms with Crippen molar-refractivity contribution in [1.29, 1.82) is 0 Å². The number of nitrogens with one attached hydrogen (secondary N) is 1. The summed E-state index contributed by atoms with van der Waals surface area (Å²) < 4.78 is 28.7. The number of aryl methyl sites for hydroxylation is 1. The number of nitrogen functional groups attached to an aromatic ring is 1. The van der Waals surface area contributed by atoms with Gasteiger partial charge in [0.25, 0.3) is 0 Å². The second-order valence-corrected chi connectivity index (χ2v) is 6.59. The van der Waals surface area contributed by atoms with Crippen molar-refractivity contribution < 1.29 is 8.42 Å². The van der Waals surface area contributed by atoms with Crippen LogP contribution in [-0.4, -0.2) is 21.0 Å². The van der Waals surface area contributed by atoms with Gasteiger partial charge in [0.15, 0.2) is 0 Å². The molecule has 1 aliphatic heterocycles. The Labute approximate surface area is 107 Å². The van der Waals surface area contributed by atoms with Gasteiger partial charge in [-0.05, 0) is 49.4 Å². The largest absolute Gasteiger partial charge is 0.399 e. The van der Waals surface area contributed by atoms with Gasteiger partial charge in [-0.2, -0.15) is 13.1 Å². The summed E-state index contributed by atoms with van der Waals surface area (Å²) in [4.78, 5) is 0. The highest BCUT2D eigenvalue weighted by molar-refractivity contribution is 7.90. The van der Waals surface area contributed by atoms with Gasteiger partial charge in [-0.25, -0.2) is 0 Å². The van der Waals surface area contributed by atoms with Crippen molar-refractivity contribution in [3.8, 4) is 0 Å². The van der Waals surface area contributed by atoms with E-state index in [1.807, 2.05) is 6.07 Å². The van der Waals surface area contributed by atoms with E-state index in [0.717, 1.165) is 36.9 Å². The summed E-state index contributed by atoms with van der Waals surface area (Å²) in [6.07, 6.45) is 3.61. The predicted octanol–water partition coefficient (Wildman–Crippen LogP) is 1.02. The van der Waals surface area contributed by atoms with Crippen LogP contribution in [0.15, 0.2) is 18.2 Å². The van der Waals surface area contributed by atoms with E-state index in [-0.39, 0.29) is 6.04 Å². The minimum Gasteiger partial charge on any atom is -0.399 e. The number of fused-ring (bicyclic) bond motifs is 1. The first-order chi connectivity index (χ1) is 8.56. The summed E-state index contributed by atoms with van der Waals surface area (Å²) in [5.41, 5.74) is 8.21. The average Bonchev–Trinajstić information content (AvgIpc) is 3.11. The van der Waals surface area contributed by atoms with E-state index in [1.54, 1.807) is 12.1 Å². The molecule has 18 heavy (non-hydrogen) atoms. The highest BCUT2D eigenvalue weighted by Crippen LogP contribution is 2.31. The van der Waals surface area contributed by atoms with Crippen LogP contribution in [0.2, 0.25) is 0 Å². The van der Waals surface area contributed by atoms with Crippen LogP contribution in [0.5, 0.6) is 0 Å². The minimum atomic E-state index is -3.40. The molecular weight excluding hydrogens is 250 g/mol. The van der Waals surface area contributed by atoms with Gasteiger partial charge in [0, 0.05) is 18.3 Å². The first-order valence-electron chi connectivity index (χ1n) is 6.25. The van der Waals surface area contributed by atoms with Crippen LogP contribution in [0.1, 0.15) is 24.8 Å². The smallest absolute Gasteiger partial charge is 0.301 e. The summed E-state index contributed by atoms with van der Waals surface area (Å²) in [5.74, 6) is 0. The Bertz CT molecular complexity index is 567. The van der Waals surface area contributed by atoms with Gasteiger partial charge in [0.05, 0.1) is 5.69 Å². The SMILES string of the molecule is Nc1ccc2c(c1)CCCN2S(=O)(=O)NC1CC1. The van der Waals surface area contributed by atoms with E-state index < -0.39 is 10.2 Å². The number of benzene rings is 1.